The maximum absolute atomic E-state index is 5.20. The van der Waals surface area contributed by atoms with Crippen molar-refractivity contribution in [2.75, 3.05) is 0 Å². The number of benzene rings is 6. The number of nitrogens with zero attached hydrogens (tertiary/aromatic N) is 4. The summed E-state index contributed by atoms with van der Waals surface area (Å²) < 4.78 is 4.48. The van der Waals surface area contributed by atoms with Crippen LogP contribution in [0.25, 0.3) is 77.6 Å². The number of hydrogen-bond donors (Lipinski definition) is 0. The number of fused-ring (bicyclic) bond motifs is 5. The fourth-order valence-corrected chi connectivity index (χ4v) is 6.42. The van der Waals surface area contributed by atoms with Crippen LogP contribution in [0.1, 0.15) is 0 Å². The van der Waals surface area contributed by atoms with Crippen molar-refractivity contribution >= 4 is 43.5 Å². The van der Waals surface area contributed by atoms with E-state index in [1.54, 1.807) is 0 Å². The van der Waals surface area contributed by atoms with Gasteiger partial charge in [-0.2, -0.15) is 0 Å². The molecule has 0 bridgehead atoms. The zero-order valence-corrected chi connectivity index (χ0v) is 23.8. The van der Waals surface area contributed by atoms with E-state index in [2.05, 4.69) is 155 Å². The predicted octanol–water partition coefficient (Wildman–Crippen LogP) is 10.0. The molecule has 4 heteroatoms. The third kappa shape index (κ3) is 3.92. The highest BCUT2D eigenvalue weighted by Crippen LogP contribution is 2.37. The van der Waals surface area contributed by atoms with Gasteiger partial charge in [-0.25, -0.2) is 9.97 Å². The topological polar surface area (TPSA) is 35.6 Å². The van der Waals surface area contributed by atoms with Crippen LogP contribution in [0.2, 0.25) is 0 Å². The SMILES string of the molecule is c1ccc(-c2cc(-c3ccccc3)nc(-n3c4ccccc4c4cc5cc6ccn(-c7ccccc7)c6cc5cc43)n2)cc1. The minimum Gasteiger partial charge on any atom is -0.317 e. The number of para-hydroxylation sites is 2. The number of hydrogen-bond acceptors (Lipinski definition) is 2. The normalized spacial score (nSPS) is 11.6. The first-order chi connectivity index (χ1) is 21.8. The van der Waals surface area contributed by atoms with Gasteiger partial charge in [0.2, 0.25) is 5.95 Å². The van der Waals surface area contributed by atoms with Crippen molar-refractivity contribution in [2.24, 2.45) is 0 Å². The summed E-state index contributed by atoms with van der Waals surface area (Å²) in [4.78, 5) is 10.4. The van der Waals surface area contributed by atoms with Gasteiger partial charge < -0.3 is 4.57 Å². The highest BCUT2D eigenvalue weighted by atomic mass is 15.2. The Bertz CT molecular complexity index is 2420. The average Bonchev–Trinajstić information content (AvgIpc) is 3.65. The zero-order valence-electron chi connectivity index (χ0n) is 23.8. The zero-order chi connectivity index (χ0) is 29.0. The van der Waals surface area contributed by atoms with E-state index < -0.39 is 0 Å². The van der Waals surface area contributed by atoms with Crippen molar-refractivity contribution < 1.29 is 0 Å². The highest BCUT2D eigenvalue weighted by molar-refractivity contribution is 6.14. The summed E-state index contributed by atoms with van der Waals surface area (Å²) in [6.45, 7) is 0. The summed E-state index contributed by atoms with van der Waals surface area (Å²) in [6.07, 6.45) is 2.15. The fourth-order valence-electron chi connectivity index (χ4n) is 6.42. The molecule has 3 heterocycles. The van der Waals surface area contributed by atoms with E-state index in [1.165, 1.54) is 32.4 Å². The van der Waals surface area contributed by atoms with Crippen LogP contribution in [-0.2, 0) is 0 Å². The van der Waals surface area contributed by atoms with Crippen LogP contribution in [0.15, 0.2) is 158 Å². The minimum atomic E-state index is 0.657. The van der Waals surface area contributed by atoms with Crippen LogP contribution < -0.4 is 0 Å². The van der Waals surface area contributed by atoms with Crippen LogP contribution in [0, 0.1) is 0 Å². The van der Waals surface area contributed by atoms with Crippen molar-refractivity contribution in [1.29, 1.82) is 0 Å². The molecule has 0 fully saturated rings. The lowest BCUT2D eigenvalue weighted by Crippen LogP contribution is -2.04. The largest absolute Gasteiger partial charge is 0.317 e. The number of rotatable bonds is 4. The quantitative estimate of drug-likeness (QED) is 0.214. The van der Waals surface area contributed by atoms with Crippen molar-refractivity contribution in [2.45, 2.75) is 0 Å². The van der Waals surface area contributed by atoms with Gasteiger partial charge in [-0.3, -0.25) is 4.57 Å². The third-order valence-corrected chi connectivity index (χ3v) is 8.53. The Kier molecular flexibility index (Phi) is 5.47. The standard InChI is InChI=1S/C40H26N4/c1-4-12-27(13-5-1)35-26-36(28-14-6-2-7-15-28)42-40(41-35)44-37-19-11-10-18-33(37)34-23-30-22-29-20-21-43(32-16-8-3-9-17-32)38(29)24-31(30)25-39(34)44/h1-26H. The second kappa shape index (κ2) is 9.79. The Morgan fingerprint density at radius 3 is 1.70 bits per heavy atom. The molecular formula is C40H26N4. The van der Waals surface area contributed by atoms with Crippen LogP contribution in [0.3, 0.4) is 0 Å². The molecule has 0 spiro atoms. The van der Waals surface area contributed by atoms with Crippen molar-refractivity contribution in [3.63, 3.8) is 0 Å². The minimum absolute atomic E-state index is 0.657. The Morgan fingerprint density at radius 2 is 1.00 bits per heavy atom. The Balaban J connectivity index is 1.34. The molecule has 0 N–H and O–H groups in total. The summed E-state index contributed by atoms with van der Waals surface area (Å²) in [6, 6.07) is 53.3. The molecule has 4 nitrogen and oxygen atoms in total. The van der Waals surface area contributed by atoms with Crippen LogP contribution in [-0.4, -0.2) is 19.1 Å². The average molecular weight is 563 g/mol. The van der Waals surface area contributed by atoms with Gasteiger partial charge in [0.1, 0.15) is 0 Å². The molecule has 0 radical (unpaired) electrons. The molecule has 6 aromatic carbocycles. The molecule has 44 heavy (non-hydrogen) atoms. The molecule has 0 aliphatic carbocycles. The first-order valence-corrected chi connectivity index (χ1v) is 14.8. The van der Waals surface area contributed by atoms with Gasteiger partial charge in [-0.1, -0.05) is 97.1 Å². The second-order valence-corrected chi connectivity index (χ2v) is 11.2. The van der Waals surface area contributed by atoms with E-state index in [1.807, 2.05) is 12.1 Å². The lowest BCUT2D eigenvalue weighted by molar-refractivity contribution is 0.996. The molecule has 9 rings (SSSR count). The number of aromatic nitrogens is 4. The second-order valence-electron chi connectivity index (χ2n) is 11.2. The summed E-state index contributed by atoms with van der Waals surface area (Å²) in [5.41, 5.74) is 8.40. The molecule has 0 saturated carbocycles. The van der Waals surface area contributed by atoms with E-state index in [0.717, 1.165) is 39.2 Å². The van der Waals surface area contributed by atoms with Gasteiger partial charge in [0.25, 0.3) is 0 Å². The van der Waals surface area contributed by atoms with E-state index in [0.29, 0.717) is 5.95 Å². The molecule has 0 unspecified atom stereocenters. The smallest absolute Gasteiger partial charge is 0.235 e. The molecule has 3 aromatic heterocycles. The van der Waals surface area contributed by atoms with Crippen molar-refractivity contribution in [3.8, 4) is 34.2 Å². The van der Waals surface area contributed by atoms with E-state index >= 15 is 0 Å². The first-order valence-electron chi connectivity index (χ1n) is 14.8. The van der Waals surface area contributed by atoms with Gasteiger partial charge in [0, 0.05) is 39.2 Å². The van der Waals surface area contributed by atoms with Gasteiger partial charge in [0.15, 0.2) is 0 Å². The van der Waals surface area contributed by atoms with Gasteiger partial charge in [0.05, 0.1) is 27.9 Å². The fraction of sp³-hybridized carbons (Fsp3) is 0. The molecule has 0 aliphatic rings. The third-order valence-electron chi connectivity index (χ3n) is 8.53. The Hall–Kier alpha value is -6.00. The molecular weight excluding hydrogens is 536 g/mol. The van der Waals surface area contributed by atoms with Gasteiger partial charge in [-0.15, -0.1) is 0 Å². The Labute approximate surface area is 254 Å². The summed E-state index contributed by atoms with van der Waals surface area (Å²) in [5, 5.41) is 5.97. The summed E-state index contributed by atoms with van der Waals surface area (Å²) >= 11 is 0. The van der Waals surface area contributed by atoms with Crippen molar-refractivity contribution in [1.82, 2.24) is 19.1 Å². The van der Waals surface area contributed by atoms with Crippen LogP contribution in [0.5, 0.6) is 0 Å². The van der Waals surface area contributed by atoms with E-state index in [9.17, 15) is 0 Å². The van der Waals surface area contributed by atoms with E-state index in [-0.39, 0.29) is 0 Å². The summed E-state index contributed by atoms with van der Waals surface area (Å²) in [7, 11) is 0. The highest BCUT2D eigenvalue weighted by Gasteiger charge is 2.18. The molecule has 0 amide bonds. The lowest BCUT2D eigenvalue weighted by Gasteiger charge is -2.12. The molecule has 9 aromatic rings. The van der Waals surface area contributed by atoms with Crippen LogP contribution in [0.4, 0.5) is 0 Å². The maximum atomic E-state index is 5.20. The van der Waals surface area contributed by atoms with Crippen molar-refractivity contribution in [3.05, 3.63) is 158 Å². The molecule has 0 aliphatic heterocycles. The van der Waals surface area contributed by atoms with Crippen LogP contribution >= 0.6 is 0 Å². The van der Waals surface area contributed by atoms with Gasteiger partial charge >= 0.3 is 0 Å². The molecule has 0 atom stereocenters. The van der Waals surface area contributed by atoms with Gasteiger partial charge in [-0.05, 0) is 65.4 Å². The maximum Gasteiger partial charge on any atom is 0.235 e. The lowest BCUT2D eigenvalue weighted by atomic mass is 10.0. The molecule has 206 valence electrons. The monoisotopic (exact) mass is 562 g/mol. The first kappa shape index (κ1) is 24.6. The Morgan fingerprint density at radius 1 is 0.409 bits per heavy atom. The summed E-state index contributed by atoms with van der Waals surface area (Å²) in [5.74, 6) is 0.657. The predicted molar refractivity (Wildman–Crippen MR) is 182 cm³/mol. The van der Waals surface area contributed by atoms with E-state index in [4.69, 9.17) is 9.97 Å². The molecule has 0 saturated heterocycles.